The smallest absolute Gasteiger partial charge is 0.289 e. The second kappa shape index (κ2) is 7.75. The minimum absolute atomic E-state index is 0.339. The van der Waals surface area contributed by atoms with Gasteiger partial charge in [0.1, 0.15) is 11.4 Å². The minimum atomic E-state index is -0.363. The molecule has 4 aromatic rings. The number of ether oxygens (including phenoxy) is 1. The van der Waals surface area contributed by atoms with E-state index < -0.39 is 0 Å². The third-order valence-electron chi connectivity index (χ3n) is 4.36. The molecule has 6 nitrogen and oxygen atoms in total. The summed E-state index contributed by atoms with van der Waals surface area (Å²) in [7, 11) is 1.60. The summed E-state index contributed by atoms with van der Waals surface area (Å²) in [6.07, 6.45) is 1.56. The molecule has 0 atom stereocenters. The van der Waals surface area contributed by atoms with E-state index in [0.29, 0.717) is 11.4 Å². The number of hydrazone groups is 1. The number of hydrogen-bond donors (Lipinski definition) is 2. The van der Waals surface area contributed by atoms with Crippen LogP contribution < -0.4 is 10.2 Å². The Morgan fingerprint density at radius 3 is 2.79 bits per heavy atom. The number of rotatable bonds is 5. The molecule has 0 unspecified atom stereocenters. The van der Waals surface area contributed by atoms with Crippen molar-refractivity contribution >= 4 is 22.9 Å². The Morgan fingerprint density at radius 2 is 1.89 bits per heavy atom. The van der Waals surface area contributed by atoms with Gasteiger partial charge < -0.3 is 4.74 Å². The van der Waals surface area contributed by atoms with Gasteiger partial charge in [0.25, 0.3) is 5.91 Å². The molecule has 0 radical (unpaired) electrons. The Hall–Kier alpha value is -3.93. The molecule has 0 aliphatic carbocycles. The molecule has 0 aliphatic heterocycles. The van der Waals surface area contributed by atoms with Gasteiger partial charge in [-0.1, -0.05) is 54.6 Å². The summed E-state index contributed by atoms with van der Waals surface area (Å²) in [5.41, 5.74) is 5.34. The van der Waals surface area contributed by atoms with Crippen molar-refractivity contribution in [2.75, 3.05) is 7.11 Å². The third-order valence-corrected chi connectivity index (χ3v) is 4.36. The average Bonchev–Trinajstić information content (AvgIpc) is 3.23. The average molecular weight is 370 g/mol. The van der Waals surface area contributed by atoms with Crippen molar-refractivity contribution in [3.05, 3.63) is 84.1 Å². The highest BCUT2D eigenvalue weighted by Crippen LogP contribution is 2.27. The molecule has 0 spiro atoms. The van der Waals surface area contributed by atoms with Gasteiger partial charge in [-0.25, -0.2) is 5.43 Å². The first-order chi connectivity index (χ1) is 13.7. The zero-order valence-electron chi connectivity index (χ0n) is 15.2. The summed E-state index contributed by atoms with van der Waals surface area (Å²) in [5.74, 6) is 0.363. The van der Waals surface area contributed by atoms with Gasteiger partial charge in [-0.2, -0.15) is 10.2 Å². The molecule has 0 fully saturated rings. The number of nitrogens with one attached hydrogen (secondary N) is 2. The summed E-state index contributed by atoms with van der Waals surface area (Å²) in [6, 6.07) is 23.2. The van der Waals surface area contributed by atoms with Crippen LogP contribution in [0.3, 0.4) is 0 Å². The van der Waals surface area contributed by atoms with Crippen molar-refractivity contribution < 1.29 is 9.53 Å². The van der Waals surface area contributed by atoms with Crippen molar-refractivity contribution in [3.63, 3.8) is 0 Å². The Labute approximate surface area is 161 Å². The van der Waals surface area contributed by atoms with Crippen LogP contribution in [0, 0.1) is 0 Å². The first kappa shape index (κ1) is 17.5. The first-order valence-electron chi connectivity index (χ1n) is 8.75. The molecule has 6 heteroatoms. The second-order valence-corrected chi connectivity index (χ2v) is 6.17. The number of nitrogens with zero attached hydrogens (tertiary/aromatic N) is 2. The van der Waals surface area contributed by atoms with E-state index in [0.717, 1.165) is 27.6 Å². The molecular weight excluding hydrogens is 352 g/mol. The van der Waals surface area contributed by atoms with E-state index in [1.165, 1.54) is 0 Å². The Balaban J connectivity index is 1.50. The van der Waals surface area contributed by atoms with Crippen LogP contribution in [-0.2, 0) is 0 Å². The minimum Gasteiger partial charge on any atom is -0.497 e. The Morgan fingerprint density at radius 1 is 1.07 bits per heavy atom. The maximum absolute atomic E-state index is 12.3. The second-order valence-electron chi connectivity index (χ2n) is 6.17. The maximum Gasteiger partial charge on any atom is 0.289 e. The lowest BCUT2D eigenvalue weighted by molar-refractivity contribution is 0.0950. The largest absolute Gasteiger partial charge is 0.497 e. The zero-order chi connectivity index (χ0) is 19.3. The predicted molar refractivity (Wildman–Crippen MR) is 110 cm³/mol. The summed E-state index contributed by atoms with van der Waals surface area (Å²) >= 11 is 0. The number of carbonyl (C=O) groups is 1. The van der Waals surface area contributed by atoms with Crippen molar-refractivity contribution in [2.24, 2.45) is 5.10 Å². The van der Waals surface area contributed by atoms with E-state index in [1.807, 2.05) is 66.7 Å². The number of aromatic amines is 1. The van der Waals surface area contributed by atoms with E-state index in [-0.39, 0.29) is 5.91 Å². The summed E-state index contributed by atoms with van der Waals surface area (Å²) < 4.78 is 5.16. The van der Waals surface area contributed by atoms with Crippen LogP contribution in [-0.4, -0.2) is 29.4 Å². The predicted octanol–water partition coefficient (Wildman–Crippen LogP) is 4.00. The van der Waals surface area contributed by atoms with Gasteiger partial charge in [0.15, 0.2) is 0 Å². The number of fused-ring (bicyclic) bond motifs is 1. The van der Waals surface area contributed by atoms with Crippen LogP contribution in [0.2, 0.25) is 0 Å². The fourth-order valence-corrected chi connectivity index (χ4v) is 2.97. The lowest BCUT2D eigenvalue weighted by Crippen LogP contribution is -2.18. The highest BCUT2D eigenvalue weighted by Gasteiger charge is 2.12. The van der Waals surface area contributed by atoms with Gasteiger partial charge in [-0.3, -0.25) is 9.89 Å². The number of amides is 1. The molecule has 1 amide bonds. The zero-order valence-corrected chi connectivity index (χ0v) is 15.2. The molecule has 0 aliphatic rings. The van der Waals surface area contributed by atoms with Gasteiger partial charge in [0.2, 0.25) is 0 Å². The fraction of sp³-hybridized carbons (Fsp3) is 0.0455. The van der Waals surface area contributed by atoms with E-state index >= 15 is 0 Å². The van der Waals surface area contributed by atoms with Crippen LogP contribution in [0.4, 0.5) is 0 Å². The van der Waals surface area contributed by atoms with E-state index in [4.69, 9.17) is 4.74 Å². The Kier molecular flexibility index (Phi) is 4.84. The van der Waals surface area contributed by atoms with Crippen LogP contribution in [0.25, 0.3) is 22.0 Å². The number of hydrogen-bond acceptors (Lipinski definition) is 4. The molecule has 0 bridgehead atoms. The van der Waals surface area contributed by atoms with Gasteiger partial charge in [0.05, 0.1) is 19.0 Å². The number of carbonyl (C=O) groups excluding carboxylic acids is 1. The van der Waals surface area contributed by atoms with Crippen molar-refractivity contribution in [2.45, 2.75) is 0 Å². The quantitative estimate of drug-likeness (QED) is 0.412. The van der Waals surface area contributed by atoms with Crippen LogP contribution >= 0.6 is 0 Å². The van der Waals surface area contributed by atoms with Crippen molar-refractivity contribution in [3.8, 4) is 17.0 Å². The van der Waals surface area contributed by atoms with Crippen LogP contribution in [0.5, 0.6) is 5.75 Å². The van der Waals surface area contributed by atoms with Gasteiger partial charge in [-0.15, -0.1) is 0 Å². The summed E-state index contributed by atoms with van der Waals surface area (Å²) in [5, 5.41) is 13.3. The number of benzene rings is 3. The fourth-order valence-electron chi connectivity index (χ4n) is 2.97. The highest BCUT2D eigenvalue weighted by molar-refractivity contribution is 5.98. The van der Waals surface area contributed by atoms with E-state index in [1.54, 1.807) is 19.4 Å². The SMILES string of the molecule is COc1cccc(/C=N\NC(=O)c2cc(-c3cccc4ccccc34)n[nH]2)c1. The summed E-state index contributed by atoms with van der Waals surface area (Å²) in [6.45, 7) is 0. The topological polar surface area (TPSA) is 79.4 Å². The highest BCUT2D eigenvalue weighted by atomic mass is 16.5. The monoisotopic (exact) mass is 370 g/mol. The van der Waals surface area contributed by atoms with Gasteiger partial charge >= 0.3 is 0 Å². The number of methoxy groups -OCH3 is 1. The summed E-state index contributed by atoms with van der Waals surface area (Å²) in [4.78, 5) is 12.3. The lowest BCUT2D eigenvalue weighted by Gasteiger charge is -2.02. The first-order valence-corrected chi connectivity index (χ1v) is 8.75. The number of aromatic nitrogens is 2. The third kappa shape index (κ3) is 3.61. The molecule has 2 N–H and O–H groups in total. The molecular formula is C22H18N4O2. The van der Waals surface area contributed by atoms with Crippen LogP contribution in [0.1, 0.15) is 16.1 Å². The van der Waals surface area contributed by atoms with E-state index in [9.17, 15) is 4.79 Å². The molecule has 28 heavy (non-hydrogen) atoms. The van der Waals surface area contributed by atoms with E-state index in [2.05, 4.69) is 20.7 Å². The number of H-pyrrole nitrogens is 1. The standard InChI is InChI=1S/C22H18N4O2/c1-28-17-9-4-6-15(12-17)14-23-26-22(27)21-13-20(24-25-21)19-11-5-8-16-7-2-3-10-18(16)19/h2-14H,1H3,(H,24,25)(H,26,27)/b23-14-. The molecule has 138 valence electrons. The van der Waals surface area contributed by atoms with Crippen LogP contribution in [0.15, 0.2) is 77.9 Å². The molecule has 0 saturated heterocycles. The molecule has 1 aromatic heterocycles. The normalized spacial score (nSPS) is 11.0. The molecule has 1 heterocycles. The van der Waals surface area contributed by atoms with Gasteiger partial charge in [0, 0.05) is 5.56 Å². The lowest BCUT2D eigenvalue weighted by atomic mass is 10.0. The molecule has 0 saturated carbocycles. The molecule has 3 aromatic carbocycles. The van der Waals surface area contributed by atoms with Crippen molar-refractivity contribution in [1.82, 2.24) is 15.6 Å². The van der Waals surface area contributed by atoms with Crippen molar-refractivity contribution in [1.29, 1.82) is 0 Å². The maximum atomic E-state index is 12.3. The van der Waals surface area contributed by atoms with Gasteiger partial charge in [-0.05, 0) is 34.5 Å². The molecule has 4 rings (SSSR count). The Bertz CT molecular complexity index is 1160.